The van der Waals surface area contributed by atoms with Gasteiger partial charge in [0.15, 0.2) is 5.16 Å². The summed E-state index contributed by atoms with van der Waals surface area (Å²) in [4.78, 5) is 30.1. The highest BCUT2D eigenvalue weighted by atomic mass is 32.2. The van der Waals surface area contributed by atoms with Crippen molar-refractivity contribution in [3.05, 3.63) is 81.2 Å². The molecule has 2 heterocycles. The summed E-state index contributed by atoms with van der Waals surface area (Å²) in [5.74, 6) is -0.511. The monoisotopic (exact) mass is 439 g/mol. The van der Waals surface area contributed by atoms with Crippen LogP contribution in [0.2, 0.25) is 0 Å². The third-order valence-corrected chi connectivity index (χ3v) is 6.49. The third-order valence-electron chi connectivity index (χ3n) is 4.66. The van der Waals surface area contributed by atoms with Crippen LogP contribution in [0.25, 0.3) is 15.9 Å². The fourth-order valence-electron chi connectivity index (χ4n) is 2.95. The molecule has 0 radical (unpaired) electrons. The Morgan fingerprint density at radius 1 is 1.13 bits per heavy atom. The van der Waals surface area contributed by atoms with Crippen LogP contribution < -0.4 is 10.9 Å². The summed E-state index contributed by atoms with van der Waals surface area (Å²) in [6.07, 6.45) is 0. The molecule has 30 heavy (non-hydrogen) atoms. The molecule has 0 aliphatic heterocycles. The summed E-state index contributed by atoms with van der Waals surface area (Å²) in [7, 11) is 0. The van der Waals surface area contributed by atoms with E-state index >= 15 is 0 Å². The van der Waals surface area contributed by atoms with E-state index in [1.807, 2.05) is 32.0 Å². The molecule has 0 fully saturated rings. The molecule has 0 atom stereocenters. The van der Waals surface area contributed by atoms with Gasteiger partial charge in [0, 0.05) is 5.69 Å². The lowest BCUT2D eigenvalue weighted by molar-refractivity contribution is -0.113. The highest BCUT2D eigenvalue weighted by Crippen LogP contribution is 2.24. The van der Waals surface area contributed by atoms with Crippen molar-refractivity contribution in [1.29, 1.82) is 0 Å². The van der Waals surface area contributed by atoms with Crippen LogP contribution in [-0.2, 0) is 4.79 Å². The van der Waals surface area contributed by atoms with E-state index < -0.39 is 0 Å². The molecule has 4 aromatic rings. The van der Waals surface area contributed by atoms with Crippen molar-refractivity contribution in [2.24, 2.45) is 0 Å². The highest BCUT2D eigenvalue weighted by molar-refractivity contribution is 7.99. The minimum Gasteiger partial charge on any atom is -0.325 e. The Bertz CT molecular complexity index is 1300. The van der Waals surface area contributed by atoms with Gasteiger partial charge < -0.3 is 5.32 Å². The van der Waals surface area contributed by atoms with E-state index in [0.717, 1.165) is 28.6 Å². The molecular weight excluding hydrogens is 421 g/mol. The summed E-state index contributed by atoms with van der Waals surface area (Å²) in [6, 6.07) is 13.1. The second-order valence-corrected chi connectivity index (χ2v) is 8.64. The number of hydrogen-bond donors (Lipinski definition) is 1. The Morgan fingerprint density at radius 3 is 2.63 bits per heavy atom. The number of fused-ring (bicyclic) bond motifs is 1. The number of thioether (sulfide) groups is 1. The van der Waals surface area contributed by atoms with Crippen LogP contribution in [0.5, 0.6) is 0 Å². The molecule has 4 rings (SSSR count). The Balaban J connectivity index is 1.62. The summed E-state index contributed by atoms with van der Waals surface area (Å²) in [5.41, 5.74) is 3.82. The van der Waals surface area contributed by atoms with Gasteiger partial charge in [0.05, 0.1) is 17.0 Å². The number of nitrogens with zero attached hydrogens (tertiary/aromatic N) is 2. The highest BCUT2D eigenvalue weighted by Gasteiger charge is 2.16. The van der Waals surface area contributed by atoms with Crippen LogP contribution in [0.3, 0.4) is 0 Å². The van der Waals surface area contributed by atoms with Gasteiger partial charge in [-0.25, -0.2) is 9.37 Å². The van der Waals surface area contributed by atoms with Crippen molar-refractivity contribution in [3.63, 3.8) is 0 Å². The van der Waals surface area contributed by atoms with Crippen LogP contribution in [0.4, 0.5) is 10.1 Å². The number of anilines is 1. The first kappa shape index (κ1) is 20.3. The average Bonchev–Trinajstić information content (AvgIpc) is 3.19. The van der Waals surface area contributed by atoms with Gasteiger partial charge in [-0.3, -0.25) is 14.2 Å². The van der Waals surface area contributed by atoms with Crippen molar-refractivity contribution < 1.29 is 9.18 Å². The van der Waals surface area contributed by atoms with E-state index in [0.29, 0.717) is 21.1 Å². The van der Waals surface area contributed by atoms with Crippen LogP contribution in [0.15, 0.2) is 63.9 Å². The normalized spacial score (nSPS) is 11.0. The van der Waals surface area contributed by atoms with Gasteiger partial charge in [-0.1, -0.05) is 17.8 Å². The molecular formula is C22H18FN3O2S2. The smallest absolute Gasteiger partial charge is 0.276 e. The molecule has 2 aromatic carbocycles. The SMILES string of the molecule is Cc1ccc(NC(=O)CSc2nc3ccsc3c(=O)n2-c2ccc(F)cc2)cc1C. The number of hydrogen-bond acceptors (Lipinski definition) is 5. The third kappa shape index (κ3) is 4.15. The van der Waals surface area contributed by atoms with Crippen molar-refractivity contribution in [2.75, 3.05) is 11.1 Å². The number of rotatable bonds is 5. The first-order chi connectivity index (χ1) is 14.4. The minimum atomic E-state index is -0.390. The Labute approximate surface area is 180 Å². The lowest BCUT2D eigenvalue weighted by Gasteiger charge is -2.12. The fourth-order valence-corrected chi connectivity index (χ4v) is 4.53. The summed E-state index contributed by atoms with van der Waals surface area (Å²) < 4.78 is 15.3. The molecule has 1 amide bonds. The molecule has 0 unspecified atom stereocenters. The molecule has 8 heteroatoms. The number of carbonyl (C=O) groups is 1. The van der Waals surface area contributed by atoms with E-state index in [9.17, 15) is 14.0 Å². The van der Waals surface area contributed by atoms with Crippen LogP contribution in [-0.4, -0.2) is 21.2 Å². The number of amides is 1. The van der Waals surface area contributed by atoms with E-state index in [1.165, 1.54) is 40.2 Å². The molecule has 0 spiro atoms. The number of carbonyl (C=O) groups excluding carboxylic acids is 1. The number of nitrogens with one attached hydrogen (secondary N) is 1. The second kappa shape index (κ2) is 8.41. The van der Waals surface area contributed by atoms with E-state index in [2.05, 4.69) is 10.3 Å². The van der Waals surface area contributed by atoms with Crippen molar-refractivity contribution in [3.8, 4) is 5.69 Å². The number of aromatic nitrogens is 2. The quantitative estimate of drug-likeness (QED) is 0.354. The summed E-state index contributed by atoms with van der Waals surface area (Å²) in [5, 5.41) is 5.05. The van der Waals surface area contributed by atoms with Gasteiger partial charge in [0.1, 0.15) is 10.5 Å². The molecule has 5 nitrogen and oxygen atoms in total. The maximum atomic E-state index is 13.4. The first-order valence-electron chi connectivity index (χ1n) is 9.18. The number of thiophene rings is 1. The molecule has 0 bridgehead atoms. The fraction of sp³-hybridized carbons (Fsp3) is 0.136. The average molecular weight is 440 g/mol. The number of benzene rings is 2. The molecule has 152 valence electrons. The van der Waals surface area contributed by atoms with Crippen molar-refractivity contribution in [1.82, 2.24) is 9.55 Å². The standard InChI is InChI=1S/C22H18FN3O2S2/c1-13-3-6-16(11-14(13)2)24-19(27)12-30-22-25-18-9-10-29-20(18)21(28)26(22)17-7-4-15(23)5-8-17/h3-11H,12H2,1-2H3,(H,24,27). The van der Waals surface area contributed by atoms with Crippen molar-refractivity contribution in [2.45, 2.75) is 19.0 Å². The number of aryl methyl sites for hydroxylation is 2. The van der Waals surface area contributed by atoms with Gasteiger partial charge >= 0.3 is 0 Å². The van der Waals surface area contributed by atoms with Crippen LogP contribution >= 0.6 is 23.1 Å². The zero-order chi connectivity index (χ0) is 21.3. The molecule has 2 aromatic heterocycles. The van der Waals surface area contributed by atoms with Crippen molar-refractivity contribution >= 4 is 44.9 Å². The Kier molecular flexibility index (Phi) is 5.69. The van der Waals surface area contributed by atoms with Gasteiger partial charge in [0.25, 0.3) is 5.56 Å². The van der Waals surface area contributed by atoms with E-state index in [-0.39, 0.29) is 23.0 Å². The van der Waals surface area contributed by atoms with Crippen LogP contribution in [0.1, 0.15) is 11.1 Å². The summed E-state index contributed by atoms with van der Waals surface area (Å²) in [6.45, 7) is 4.00. The van der Waals surface area contributed by atoms with Crippen LogP contribution in [0, 0.1) is 19.7 Å². The lowest BCUT2D eigenvalue weighted by atomic mass is 10.1. The maximum absolute atomic E-state index is 13.4. The lowest BCUT2D eigenvalue weighted by Crippen LogP contribution is -2.22. The number of halogens is 1. The molecule has 1 N–H and O–H groups in total. The predicted octanol–water partition coefficient (Wildman–Crippen LogP) is 4.93. The van der Waals surface area contributed by atoms with Gasteiger partial charge in [-0.2, -0.15) is 0 Å². The topological polar surface area (TPSA) is 64.0 Å². The maximum Gasteiger partial charge on any atom is 0.276 e. The Morgan fingerprint density at radius 2 is 1.90 bits per heavy atom. The zero-order valence-corrected chi connectivity index (χ0v) is 17.9. The minimum absolute atomic E-state index is 0.0796. The van der Waals surface area contributed by atoms with E-state index in [4.69, 9.17) is 0 Å². The Hall–Kier alpha value is -2.97. The van der Waals surface area contributed by atoms with E-state index in [1.54, 1.807) is 11.4 Å². The molecule has 0 saturated heterocycles. The zero-order valence-electron chi connectivity index (χ0n) is 16.3. The second-order valence-electron chi connectivity index (χ2n) is 6.78. The largest absolute Gasteiger partial charge is 0.325 e. The summed E-state index contributed by atoms with van der Waals surface area (Å²) >= 11 is 2.47. The molecule has 0 aliphatic rings. The molecule has 0 aliphatic carbocycles. The van der Waals surface area contributed by atoms with Gasteiger partial charge in [0.2, 0.25) is 5.91 Å². The van der Waals surface area contributed by atoms with Gasteiger partial charge in [-0.05, 0) is 72.8 Å². The first-order valence-corrected chi connectivity index (χ1v) is 11.0. The predicted molar refractivity (Wildman–Crippen MR) is 120 cm³/mol. The van der Waals surface area contributed by atoms with Gasteiger partial charge in [-0.15, -0.1) is 11.3 Å². The molecule has 0 saturated carbocycles.